The Labute approximate surface area is 183 Å². The van der Waals surface area contributed by atoms with Gasteiger partial charge in [-0.05, 0) is 42.8 Å². The van der Waals surface area contributed by atoms with E-state index in [0.717, 1.165) is 20.2 Å². The number of urea groups is 1. The minimum Gasteiger partial charge on any atom is -0.310 e. The van der Waals surface area contributed by atoms with Crippen LogP contribution in [-0.4, -0.2) is 63.2 Å². The molecule has 1 N–H and O–H groups in total. The average molecular weight is 442 g/mol. The van der Waals surface area contributed by atoms with Gasteiger partial charge in [0, 0.05) is 30.1 Å². The van der Waals surface area contributed by atoms with E-state index in [1.807, 2.05) is 35.4 Å². The van der Waals surface area contributed by atoms with Gasteiger partial charge < -0.3 is 5.32 Å². The van der Waals surface area contributed by atoms with Gasteiger partial charge in [-0.1, -0.05) is 12.1 Å². The molecular formula is C21H23N5O4S. The summed E-state index contributed by atoms with van der Waals surface area (Å²) in [6.07, 6.45) is 2.90. The minimum absolute atomic E-state index is 0.0538. The van der Waals surface area contributed by atoms with E-state index in [4.69, 9.17) is 0 Å². The summed E-state index contributed by atoms with van der Waals surface area (Å²) < 4.78 is 0. The number of nitrogens with one attached hydrogen (secondary N) is 1. The lowest BCUT2D eigenvalue weighted by Gasteiger charge is -2.32. The number of rotatable bonds is 6. The lowest BCUT2D eigenvalue weighted by atomic mass is 9.96. The van der Waals surface area contributed by atoms with Gasteiger partial charge in [0.15, 0.2) is 0 Å². The van der Waals surface area contributed by atoms with E-state index in [1.54, 1.807) is 12.3 Å². The third-order valence-electron chi connectivity index (χ3n) is 5.49. The van der Waals surface area contributed by atoms with Crippen molar-refractivity contribution in [2.24, 2.45) is 5.92 Å². The number of likely N-dealkylation sites (tertiary alicyclic amines) is 1. The molecule has 5 amide bonds. The van der Waals surface area contributed by atoms with Gasteiger partial charge in [-0.2, -0.15) is 0 Å². The Kier molecular flexibility index (Phi) is 6.10. The summed E-state index contributed by atoms with van der Waals surface area (Å²) >= 11 is 1.43. The fourth-order valence-electron chi connectivity index (χ4n) is 3.68. The third-order valence-corrected chi connectivity index (χ3v) is 6.35. The smallest absolute Gasteiger partial charge is 0.310 e. The largest absolute Gasteiger partial charge is 0.335 e. The Morgan fingerprint density at radius 1 is 1.13 bits per heavy atom. The Morgan fingerprint density at radius 2 is 1.87 bits per heavy atom. The normalized spacial score (nSPS) is 18.2. The Morgan fingerprint density at radius 3 is 2.52 bits per heavy atom. The highest BCUT2D eigenvalue weighted by molar-refractivity contribution is 7.09. The van der Waals surface area contributed by atoms with E-state index in [0.29, 0.717) is 31.7 Å². The molecule has 0 aromatic carbocycles. The molecule has 0 radical (unpaired) electrons. The van der Waals surface area contributed by atoms with Crippen molar-refractivity contribution in [3.8, 4) is 0 Å². The zero-order valence-corrected chi connectivity index (χ0v) is 17.9. The van der Waals surface area contributed by atoms with E-state index in [-0.39, 0.29) is 25.0 Å². The molecule has 2 saturated heterocycles. The monoisotopic (exact) mass is 441 g/mol. The van der Waals surface area contributed by atoms with Gasteiger partial charge in [-0.15, -0.1) is 11.3 Å². The van der Waals surface area contributed by atoms with E-state index in [1.165, 1.54) is 11.3 Å². The van der Waals surface area contributed by atoms with Crippen LogP contribution in [0.25, 0.3) is 0 Å². The number of carbonyl (C=O) groups excluding carboxylic acids is 4. The summed E-state index contributed by atoms with van der Waals surface area (Å²) in [6, 6.07) is 6.72. The maximum absolute atomic E-state index is 12.6. The molecule has 2 aliphatic rings. The summed E-state index contributed by atoms with van der Waals surface area (Å²) in [7, 11) is 0. The van der Waals surface area contributed by atoms with Gasteiger partial charge in [0.2, 0.25) is 5.91 Å². The number of carbonyl (C=O) groups is 4. The molecule has 162 valence electrons. The van der Waals surface area contributed by atoms with Gasteiger partial charge in [-0.25, -0.2) is 14.7 Å². The summed E-state index contributed by atoms with van der Waals surface area (Å²) in [5, 5.41) is 4.69. The number of anilines is 1. The molecule has 9 nitrogen and oxygen atoms in total. The molecule has 4 rings (SSSR count). The number of amides is 5. The first-order valence-corrected chi connectivity index (χ1v) is 11.0. The number of hydrogen-bond acceptors (Lipinski definition) is 7. The average Bonchev–Trinajstić information content (AvgIpc) is 3.35. The summed E-state index contributed by atoms with van der Waals surface area (Å²) in [5.74, 6) is -1.32. The maximum atomic E-state index is 12.6. The molecule has 10 heteroatoms. The number of pyridine rings is 1. The first kappa shape index (κ1) is 21.1. The highest BCUT2D eigenvalue weighted by Crippen LogP contribution is 2.22. The second-order valence-corrected chi connectivity index (χ2v) is 8.76. The minimum atomic E-state index is -0.799. The Bertz CT molecular complexity index is 984. The van der Waals surface area contributed by atoms with Crippen LogP contribution in [0.1, 0.15) is 23.3 Å². The fourth-order valence-corrected chi connectivity index (χ4v) is 4.37. The van der Waals surface area contributed by atoms with E-state index in [9.17, 15) is 19.2 Å². The van der Waals surface area contributed by atoms with Crippen molar-refractivity contribution in [2.45, 2.75) is 26.3 Å². The van der Waals surface area contributed by atoms with Gasteiger partial charge in [0.25, 0.3) is 0 Å². The number of hydrogen-bond donors (Lipinski definition) is 1. The molecule has 4 heterocycles. The fraction of sp³-hybridized carbons (Fsp3) is 0.381. The van der Waals surface area contributed by atoms with Crippen LogP contribution in [0.4, 0.5) is 10.6 Å². The van der Waals surface area contributed by atoms with Crippen LogP contribution in [0, 0.1) is 12.8 Å². The molecule has 2 aliphatic heterocycles. The summed E-state index contributed by atoms with van der Waals surface area (Å²) in [4.78, 5) is 58.7. The van der Waals surface area contributed by atoms with Crippen molar-refractivity contribution in [3.05, 3.63) is 46.3 Å². The van der Waals surface area contributed by atoms with Crippen LogP contribution in [0.5, 0.6) is 0 Å². The van der Waals surface area contributed by atoms with Crippen molar-refractivity contribution in [2.75, 3.05) is 25.1 Å². The number of aromatic nitrogens is 1. The number of nitrogens with zero attached hydrogens (tertiary/aromatic N) is 4. The van der Waals surface area contributed by atoms with Gasteiger partial charge in [0.1, 0.15) is 5.82 Å². The van der Waals surface area contributed by atoms with Crippen molar-refractivity contribution in [3.63, 3.8) is 0 Å². The second kappa shape index (κ2) is 8.94. The van der Waals surface area contributed by atoms with Crippen molar-refractivity contribution < 1.29 is 19.2 Å². The molecule has 2 fully saturated rings. The standard InChI is InChI=1S/C21H23N5O4S/c1-14-4-5-17(22-11-14)23-18(27)15-6-8-24(9-7-15)13-26-20(29)19(28)25(21(26)30)12-16-3-2-10-31-16/h2-5,10-11,15H,6-9,12-13H2,1H3,(H,22,23,27). The first-order valence-electron chi connectivity index (χ1n) is 10.1. The molecular weight excluding hydrogens is 418 g/mol. The molecule has 2 aromatic rings. The molecule has 2 aromatic heterocycles. The van der Waals surface area contributed by atoms with Crippen LogP contribution in [0.3, 0.4) is 0 Å². The molecule has 0 unspecified atom stereocenters. The van der Waals surface area contributed by atoms with Crippen LogP contribution >= 0.6 is 11.3 Å². The number of piperidine rings is 1. The van der Waals surface area contributed by atoms with E-state index >= 15 is 0 Å². The van der Waals surface area contributed by atoms with Gasteiger partial charge in [-0.3, -0.25) is 24.2 Å². The SMILES string of the molecule is Cc1ccc(NC(=O)C2CCN(CN3C(=O)C(=O)N(Cc4cccs4)C3=O)CC2)nc1. The molecule has 0 spiro atoms. The quantitative estimate of drug-likeness (QED) is 0.544. The Hall–Kier alpha value is -3.11. The van der Waals surface area contributed by atoms with Crippen molar-refractivity contribution in [1.29, 1.82) is 0 Å². The van der Waals surface area contributed by atoms with Crippen LogP contribution < -0.4 is 5.32 Å². The van der Waals surface area contributed by atoms with Crippen molar-refractivity contribution >= 4 is 40.9 Å². The van der Waals surface area contributed by atoms with E-state index in [2.05, 4.69) is 10.3 Å². The lowest BCUT2D eigenvalue weighted by molar-refractivity contribution is -0.144. The lowest BCUT2D eigenvalue weighted by Crippen LogP contribution is -2.46. The number of imide groups is 2. The molecule has 0 bridgehead atoms. The summed E-state index contributed by atoms with van der Waals surface area (Å²) in [5.41, 5.74) is 1.02. The van der Waals surface area contributed by atoms with Crippen molar-refractivity contribution in [1.82, 2.24) is 19.7 Å². The predicted molar refractivity (Wildman–Crippen MR) is 114 cm³/mol. The molecule has 0 aliphatic carbocycles. The van der Waals surface area contributed by atoms with Crippen LogP contribution in [0.2, 0.25) is 0 Å². The zero-order valence-electron chi connectivity index (χ0n) is 17.1. The van der Waals surface area contributed by atoms with Gasteiger partial charge >= 0.3 is 17.8 Å². The Balaban J connectivity index is 1.29. The van der Waals surface area contributed by atoms with E-state index < -0.39 is 17.8 Å². The predicted octanol–water partition coefficient (Wildman–Crippen LogP) is 2.05. The van der Waals surface area contributed by atoms with Crippen LogP contribution in [0.15, 0.2) is 35.8 Å². The van der Waals surface area contributed by atoms with Crippen LogP contribution in [-0.2, 0) is 20.9 Å². The highest BCUT2D eigenvalue weighted by Gasteiger charge is 2.45. The number of thiophene rings is 1. The zero-order chi connectivity index (χ0) is 22.0. The topological polar surface area (TPSA) is 103 Å². The molecule has 31 heavy (non-hydrogen) atoms. The second-order valence-electron chi connectivity index (χ2n) is 7.73. The summed E-state index contributed by atoms with van der Waals surface area (Å²) in [6.45, 7) is 3.19. The highest BCUT2D eigenvalue weighted by atomic mass is 32.1. The van der Waals surface area contributed by atoms with Gasteiger partial charge in [0.05, 0.1) is 13.2 Å². The first-order chi connectivity index (χ1) is 14.9. The number of aryl methyl sites for hydroxylation is 1. The molecule has 0 atom stereocenters. The molecule has 0 saturated carbocycles. The third kappa shape index (κ3) is 4.64. The maximum Gasteiger partial charge on any atom is 0.335 e.